The highest BCUT2D eigenvalue weighted by atomic mass is 16.1. The number of nitrogens with zero attached hydrogens (tertiary/aromatic N) is 1. The fourth-order valence-corrected chi connectivity index (χ4v) is 2.74. The van der Waals surface area contributed by atoms with Crippen LogP contribution in [0.2, 0.25) is 0 Å². The van der Waals surface area contributed by atoms with Crippen molar-refractivity contribution in [2.24, 2.45) is 5.92 Å². The van der Waals surface area contributed by atoms with Gasteiger partial charge in [0.05, 0.1) is 6.04 Å². The predicted molar refractivity (Wildman–Crippen MR) is 81.4 cm³/mol. The van der Waals surface area contributed by atoms with Crippen LogP contribution in [0.1, 0.15) is 18.5 Å². The van der Waals surface area contributed by atoms with Gasteiger partial charge in [0.25, 0.3) is 0 Å². The van der Waals surface area contributed by atoms with Crippen molar-refractivity contribution in [3.05, 3.63) is 78.5 Å². The van der Waals surface area contributed by atoms with E-state index >= 15 is 0 Å². The Morgan fingerprint density at radius 2 is 1.50 bits per heavy atom. The Balaban J connectivity index is 2.07. The van der Waals surface area contributed by atoms with E-state index in [9.17, 15) is 4.79 Å². The number of hydrogen-bond donors (Lipinski definition) is 0. The molecule has 0 saturated carbocycles. The van der Waals surface area contributed by atoms with Crippen LogP contribution in [0.4, 0.5) is 5.69 Å². The van der Waals surface area contributed by atoms with Crippen LogP contribution in [-0.4, -0.2) is 5.78 Å². The molecule has 0 unspecified atom stereocenters. The van der Waals surface area contributed by atoms with E-state index in [-0.39, 0.29) is 17.7 Å². The fraction of sp³-hybridized carbons (Fsp3) is 0.167. The molecule has 2 aromatic carbocycles. The molecule has 1 heterocycles. The standard InChI is InChI=1S/C18H17NO/c1-14-17(20)12-13-19(16-10-6-3-7-11-16)18(14)15-8-4-2-5-9-15/h2-14,18H,1H3/t14-,18+/m1/s1. The van der Waals surface area contributed by atoms with E-state index in [4.69, 9.17) is 0 Å². The number of anilines is 1. The third-order valence-corrected chi connectivity index (χ3v) is 3.82. The summed E-state index contributed by atoms with van der Waals surface area (Å²) in [6.45, 7) is 2.00. The number of rotatable bonds is 2. The Hall–Kier alpha value is -2.35. The van der Waals surface area contributed by atoms with Crippen LogP contribution in [0, 0.1) is 5.92 Å². The summed E-state index contributed by atoms with van der Waals surface area (Å²) in [5, 5.41) is 0. The summed E-state index contributed by atoms with van der Waals surface area (Å²) in [6, 6.07) is 20.5. The second kappa shape index (κ2) is 5.33. The molecule has 0 bridgehead atoms. The number of carbonyl (C=O) groups excluding carboxylic acids is 1. The minimum Gasteiger partial charge on any atom is -0.340 e. The lowest BCUT2D eigenvalue weighted by atomic mass is 9.87. The SMILES string of the molecule is C[C@@H]1C(=O)C=CN(c2ccccc2)[C@@H]1c1ccccc1. The van der Waals surface area contributed by atoms with Crippen LogP contribution >= 0.6 is 0 Å². The van der Waals surface area contributed by atoms with E-state index in [1.54, 1.807) is 6.08 Å². The third-order valence-electron chi connectivity index (χ3n) is 3.82. The van der Waals surface area contributed by atoms with Gasteiger partial charge in [-0.15, -0.1) is 0 Å². The van der Waals surface area contributed by atoms with Gasteiger partial charge < -0.3 is 4.90 Å². The number of ketones is 1. The molecule has 2 heteroatoms. The number of para-hydroxylation sites is 1. The number of benzene rings is 2. The Kier molecular flexibility index (Phi) is 3.38. The quantitative estimate of drug-likeness (QED) is 0.817. The zero-order chi connectivity index (χ0) is 13.9. The Morgan fingerprint density at radius 3 is 2.15 bits per heavy atom. The van der Waals surface area contributed by atoms with Crippen LogP contribution in [0.3, 0.4) is 0 Å². The van der Waals surface area contributed by atoms with Gasteiger partial charge in [-0.3, -0.25) is 4.79 Å². The first-order valence-electron chi connectivity index (χ1n) is 6.88. The largest absolute Gasteiger partial charge is 0.340 e. The molecular formula is C18H17NO. The first-order valence-corrected chi connectivity index (χ1v) is 6.88. The summed E-state index contributed by atoms with van der Waals surface area (Å²) >= 11 is 0. The maximum atomic E-state index is 12.0. The highest BCUT2D eigenvalue weighted by Gasteiger charge is 2.32. The van der Waals surface area contributed by atoms with Crippen molar-refractivity contribution >= 4 is 11.5 Å². The van der Waals surface area contributed by atoms with E-state index < -0.39 is 0 Å². The van der Waals surface area contributed by atoms with Crippen molar-refractivity contribution < 1.29 is 4.79 Å². The Morgan fingerprint density at radius 1 is 0.900 bits per heavy atom. The van der Waals surface area contributed by atoms with Gasteiger partial charge in [-0.1, -0.05) is 55.5 Å². The molecular weight excluding hydrogens is 246 g/mol. The van der Waals surface area contributed by atoms with E-state index in [2.05, 4.69) is 29.2 Å². The van der Waals surface area contributed by atoms with Gasteiger partial charge in [0, 0.05) is 17.8 Å². The van der Waals surface area contributed by atoms with E-state index in [1.807, 2.05) is 49.5 Å². The van der Waals surface area contributed by atoms with Crippen molar-refractivity contribution in [2.75, 3.05) is 4.90 Å². The monoisotopic (exact) mass is 263 g/mol. The molecule has 1 aliphatic heterocycles. The molecule has 0 radical (unpaired) electrons. The van der Waals surface area contributed by atoms with Crippen LogP contribution in [0.25, 0.3) is 0 Å². The van der Waals surface area contributed by atoms with Crippen molar-refractivity contribution in [2.45, 2.75) is 13.0 Å². The maximum Gasteiger partial charge on any atom is 0.162 e. The van der Waals surface area contributed by atoms with Gasteiger partial charge in [-0.05, 0) is 23.8 Å². The summed E-state index contributed by atoms with van der Waals surface area (Å²) < 4.78 is 0. The smallest absolute Gasteiger partial charge is 0.162 e. The molecule has 0 saturated heterocycles. The average Bonchev–Trinajstić information content (AvgIpc) is 2.51. The zero-order valence-electron chi connectivity index (χ0n) is 11.4. The summed E-state index contributed by atoms with van der Waals surface area (Å²) in [4.78, 5) is 14.2. The minimum atomic E-state index is -0.0531. The summed E-state index contributed by atoms with van der Waals surface area (Å²) in [6.07, 6.45) is 3.58. The second-order valence-electron chi connectivity index (χ2n) is 5.11. The van der Waals surface area contributed by atoms with Crippen LogP contribution < -0.4 is 4.90 Å². The summed E-state index contributed by atoms with van der Waals surface area (Å²) in [7, 11) is 0. The number of allylic oxidation sites excluding steroid dienone is 1. The molecule has 0 aliphatic carbocycles. The van der Waals surface area contributed by atoms with Crippen molar-refractivity contribution in [3.63, 3.8) is 0 Å². The second-order valence-corrected chi connectivity index (χ2v) is 5.11. The molecule has 2 nitrogen and oxygen atoms in total. The topological polar surface area (TPSA) is 20.3 Å². The van der Waals surface area contributed by atoms with Gasteiger partial charge in [-0.2, -0.15) is 0 Å². The normalized spacial score (nSPS) is 22.1. The molecule has 3 rings (SSSR count). The van der Waals surface area contributed by atoms with Crippen LogP contribution in [0.5, 0.6) is 0 Å². The minimum absolute atomic E-state index is 0.0519. The number of hydrogen-bond acceptors (Lipinski definition) is 2. The Bertz CT molecular complexity index is 618. The van der Waals surface area contributed by atoms with Crippen molar-refractivity contribution in [1.82, 2.24) is 0 Å². The van der Waals surface area contributed by atoms with Gasteiger partial charge in [0.15, 0.2) is 5.78 Å². The lowest BCUT2D eigenvalue weighted by molar-refractivity contribution is -0.118. The Labute approximate surface area is 119 Å². The zero-order valence-corrected chi connectivity index (χ0v) is 11.4. The lowest BCUT2D eigenvalue weighted by Gasteiger charge is -2.37. The van der Waals surface area contributed by atoms with Crippen LogP contribution in [-0.2, 0) is 4.79 Å². The third kappa shape index (κ3) is 2.25. The number of carbonyl (C=O) groups is 1. The highest BCUT2D eigenvalue weighted by molar-refractivity contribution is 5.94. The molecule has 100 valence electrons. The molecule has 2 aromatic rings. The van der Waals surface area contributed by atoms with E-state index in [0.29, 0.717) is 0 Å². The molecule has 20 heavy (non-hydrogen) atoms. The highest BCUT2D eigenvalue weighted by Crippen LogP contribution is 2.36. The molecule has 0 spiro atoms. The average molecular weight is 263 g/mol. The van der Waals surface area contributed by atoms with Gasteiger partial charge >= 0.3 is 0 Å². The van der Waals surface area contributed by atoms with Gasteiger partial charge in [0.2, 0.25) is 0 Å². The van der Waals surface area contributed by atoms with Gasteiger partial charge in [0.1, 0.15) is 0 Å². The molecule has 0 N–H and O–H groups in total. The lowest BCUT2D eigenvalue weighted by Crippen LogP contribution is -2.35. The molecule has 0 fully saturated rings. The summed E-state index contributed by atoms with van der Waals surface area (Å²) in [5.74, 6) is 0.133. The maximum absolute atomic E-state index is 12.0. The van der Waals surface area contributed by atoms with E-state index in [0.717, 1.165) is 5.69 Å². The van der Waals surface area contributed by atoms with Gasteiger partial charge in [-0.25, -0.2) is 0 Å². The first kappa shape index (κ1) is 12.7. The van der Waals surface area contributed by atoms with Crippen molar-refractivity contribution in [3.8, 4) is 0 Å². The first-order chi connectivity index (χ1) is 9.77. The molecule has 2 atom stereocenters. The van der Waals surface area contributed by atoms with E-state index in [1.165, 1.54) is 5.56 Å². The summed E-state index contributed by atoms with van der Waals surface area (Å²) in [5.41, 5.74) is 2.28. The van der Waals surface area contributed by atoms with Crippen LogP contribution in [0.15, 0.2) is 72.9 Å². The predicted octanol–water partition coefficient (Wildman–Crippen LogP) is 3.97. The van der Waals surface area contributed by atoms with Crippen molar-refractivity contribution in [1.29, 1.82) is 0 Å². The molecule has 1 aliphatic rings. The molecule has 0 amide bonds. The molecule has 0 aromatic heterocycles. The fourth-order valence-electron chi connectivity index (χ4n) is 2.74.